The van der Waals surface area contributed by atoms with E-state index >= 15 is 0 Å². The van der Waals surface area contributed by atoms with E-state index in [0.29, 0.717) is 24.9 Å². The van der Waals surface area contributed by atoms with Crippen LogP contribution in [0.3, 0.4) is 0 Å². The zero-order valence-corrected chi connectivity index (χ0v) is 13.1. The first kappa shape index (κ1) is 16.0. The lowest BCUT2D eigenvalue weighted by Gasteiger charge is -2.15. The van der Waals surface area contributed by atoms with Gasteiger partial charge in [0.15, 0.2) is 11.5 Å². The molecule has 2 fully saturated rings. The van der Waals surface area contributed by atoms with Gasteiger partial charge in [-0.15, -0.1) is 5.10 Å². The van der Waals surface area contributed by atoms with Crippen LogP contribution in [0.4, 0.5) is 13.2 Å². The van der Waals surface area contributed by atoms with Crippen molar-refractivity contribution < 1.29 is 18.0 Å². The summed E-state index contributed by atoms with van der Waals surface area (Å²) < 4.78 is 38.9. The first-order valence-corrected chi connectivity index (χ1v) is 7.88. The first-order valence-electron chi connectivity index (χ1n) is 7.88. The van der Waals surface area contributed by atoms with E-state index in [4.69, 9.17) is 0 Å². The summed E-state index contributed by atoms with van der Waals surface area (Å²) in [5.41, 5.74) is -0.681. The normalized spacial score (nSPS) is 23.1. The average molecular weight is 352 g/mol. The van der Waals surface area contributed by atoms with E-state index in [1.165, 1.54) is 16.9 Å². The molecule has 2 aromatic rings. The molecule has 2 saturated heterocycles. The van der Waals surface area contributed by atoms with Gasteiger partial charge in [-0.2, -0.15) is 13.2 Å². The SMILES string of the molecule is O=C(c1cn(-c2ccc(C(F)(F)F)cn2)nn1)N1C[C@H]2CNC[C@H]2C1. The Morgan fingerprint density at radius 2 is 1.92 bits per heavy atom. The second kappa shape index (κ2) is 5.80. The van der Waals surface area contributed by atoms with Crippen LogP contribution in [0.2, 0.25) is 0 Å². The molecule has 132 valence electrons. The van der Waals surface area contributed by atoms with E-state index in [-0.39, 0.29) is 17.4 Å². The van der Waals surface area contributed by atoms with Crippen LogP contribution in [0.1, 0.15) is 16.1 Å². The van der Waals surface area contributed by atoms with Crippen molar-refractivity contribution in [3.05, 3.63) is 35.8 Å². The number of halogens is 3. The fourth-order valence-electron chi connectivity index (χ4n) is 3.35. The van der Waals surface area contributed by atoms with Crippen LogP contribution in [0.15, 0.2) is 24.5 Å². The lowest BCUT2D eigenvalue weighted by molar-refractivity contribution is -0.137. The van der Waals surface area contributed by atoms with Crippen LogP contribution in [0.25, 0.3) is 5.82 Å². The van der Waals surface area contributed by atoms with Crippen LogP contribution in [-0.4, -0.2) is 57.0 Å². The van der Waals surface area contributed by atoms with Crippen LogP contribution >= 0.6 is 0 Å². The van der Waals surface area contributed by atoms with Gasteiger partial charge in [-0.1, -0.05) is 5.21 Å². The second-order valence-corrected chi connectivity index (χ2v) is 6.34. The van der Waals surface area contributed by atoms with Gasteiger partial charge in [-0.05, 0) is 24.0 Å². The zero-order chi connectivity index (χ0) is 17.6. The molecule has 2 aliphatic rings. The quantitative estimate of drug-likeness (QED) is 0.872. The van der Waals surface area contributed by atoms with Crippen LogP contribution in [0.5, 0.6) is 0 Å². The Morgan fingerprint density at radius 1 is 1.20 bits per heavy atom. The summed E-state index contributed by atoms with van der Waals surface area (Å²) in [6.45, 7) is 3.19. The Balaban J connectivity index is 1.49. The van der Waals surface area contributed by atoms with Gasteiger partial charge in [-0.3, -0.25) is 4.79 Å². The molecule has 4 heterocycles. The van der Waals surface area contributed by atoms with Gasteiger partial charge in [-0.25, -0.2) is 9.67 Å². The predicted molar refractivity (Wildman–Crippen MR) is 79.9 cm³/mol. The van der Waals surface area contributed by atoms with Gasteiger partial charge >= 0.3 is 6.18 Å². The molecule has 0 aliphatic carbocycles. The third kappa shape index (κ3) is 2.97. The Hall–Kier alpha value is -2.49. The van der Waals surface area contributed by atoms with Gasteiger partial charge in [0.1, 0.15) is 0 Å². The summed E-state index contributed by atoms with van der Waals surface area (Å²) in [4.78, 5) is 18.0. The van der Waals surface area contributed by atoms with Crippen LogP contribution in [-0.2, 0) is 6.18 Å². The van der Waals surface area contributed by atoms with E-state index in [0.717, 1.165) is 25.4 Å². The number of carbonyl (C=O) groups excluding carboxylic acids is 1. The average Bonchev–Trinajstić information content (AvgIpc) is 3.29. The van der Waals surface area contributed by atoms with E-state index in [1.807, 2.05) is 0 Å². The number of rotatable bonds is 2. The van der Waals surface area contributed by atoms with Crippen molar-refractivity contribution in [1.29, 1.82) is 0 Å². The summed E-state index contributed by atoms with van der Waals surface area (Å²) in [7, 11) is 0. The molecule has 0 radical (unpaired) electrons. The van der Waals surface area contributed by atoms with Gasteiger partial charge in [0.2, 0.25) is 0 Å². The van der Waals surface area contributed by atoms with Gasteiger partial charge < -0.3 is 10.2 Å². The highest BCUT2D eigenvalue weighted by Crippen LogP contribution is 2.29. The van der Waals surface area contributed by atoms with E-state index in [2.05, 4.69) is 20.6 Å². The van der Waals surface area contributed by atoms with E-state index in [1.54, 1.807) is 4.90 Å². The summed E-state index contributed by atoms with van der Waals surface area (Å²) >= 11 is 0. The van der Waals surface area contributed by atoms with Crippen molar-refractivity contribution in [3.8, 4) is 5.82 Å². The Labute approximate surface area is 140 Å². The predicted octanol–water partition coefficient (Wildman–Crippen LogP) is 0.972. The molecule has 0 unspecified atom stereocenters. The number of carbonyl (C=O) groups is 1. The topological polar surface area (TPSA) is 75.9 Å². The van der Waals surface area contributed by atoms with Crippen molar-refractivity contribution in [1.82, 2.24) is 30.2 Å². The third-order valence-corrected chi connectivity index (χ3v) is 4.70. The molecule has 0 aromatic carbocycles. The summed E-state index contributed by atoms with van der Waals surface area (Å²) in [6.07, 6.45) is -2.32. The minimum atomic E-state index is -4.45. The molecule has 1 amide bonds. The number of nitrogens with one attached hydrogen (secondary N) is 1. The van der Waals surface area contributed by atoms with Crippen LogP contribution < -0.4 is 5.32 Å². The Morgan fingerprint density at radius 3 is 2.52 bits per heavy atom. The van der Waals surface area contributed by atoms with Crippen molar-refractivity contribution in [2.45, 2.75) is 6.18 Å². The molecule has 2 aliphatic heterocycles. The molecule has 10 heteroatoms. The molecule has 4 rings (SSSR count). The molecule has 7 nitrogen and oxygen atoms in total. The number of alkyl halides is 3. The van der Waals surface area contributed by atoms with Gasteiger partial charge in [0, 0.05) is 32.4 Å². The summed E-state index contributed by atoms with van der Waals surface area (Å²) in [5, 5.41) is 11.0. The van der Waals surface area contributed by atoms with Crippen LogP contribution in [0, 0.1) is 11.8 Å². The number of fused-ring (bicyclic) bond motifs is 1. The monoisotopic (exact) mass is 352 g/mol. The second-order valence-electron chi connectivity index (χ2n) is 6.34. The number of likely N-dealkylation sites (tertiary alicyclic amines) is 1. The maximum atomic E-state index is 12.6. The molecule has 0 spiro atoms. The maximum Gasteiger partial charge on any atom is 0.417 e. The molecule has 25 heavy (non-hydrogen) atoms. The van der Waals surface area contributed by atoms with Crippen molar-refractivity contribution in [3.63, 3.8) is 0 Å². The maximum absolute atomic E-state index is 12.6. The lowest BCUT2D eigenvalue weighted by Crippen LogP contribution is -2.32. The fraction of sp³-hybridized carbons (Fsp3) is 0.467. The molecule has 2 atom stereocenters. The molecular formula is C15H15F3N6O. The van der Waals surface area contributed by atoms with Gasteiger partial charge in [0.05, 0.1) is 11.8 Å². The molecule has 0 saturated carbocycles. The van der Waals surface area contributed by atoms with Gasteiger partial charge in [0.25, 0.3) is 5.91 Å². The Kier molecular flexibility index (Phi) is 3.71. The fourth-order valence-corrected chi connectivity index (χ4v) is 3.35. The standard InChI is InChI=1S/C15H15F3N6O/c16-15(17,18)11-1-2-13(20-5-11)24-8-12(21-22-24)14(25)23-6-9-3-19-4-10(9)7-23/h1-2,5,8-10,19H,3-4,6-7H2/t9-,10+. The first-order chi connectivity index (χ1) is 11.9. The highest BCUT2D eigenvalue weighted by molar-refractivity contribution is 5.92. The van der Waals surface area contributed by atoms with Crippen molar-refractivity contribution >= 4 is 5.91 Å². The largest absolute Gasteiger partial charge is 0.417 e. The summed E-state index contributed by atoms with van der Waals surface area (Å²) in [6, 6.07) is 2.11. The highest BCUT2D eigenvalue weighted by atomic mass is 19.4. The highest BCUT2D eigenvalue weighted by Gasteiger charge is 2.39. The number of amides is 1. The molecule has 2 aromatic heterocycles. The molecular weight excluding hydrogens is 337 g/mol. The summed E-state index contributed by atoms with van der Waals surface area (Å²) in [5.74, 6) is 0.890. The van der Waals surface area contributed by atoms with Crippen molar-refractivity contribution in [2.24, 2.45) is 11.8 Å². The Bertz CT molecular complexity index is 775. The smallest absolute Gasteiger partial charge is 0.337 e. The third-order valence-electron chi connectivity index (χ3n) is 4.70. The minimum Gasteiger partial charge on any atom is -0.337 e. The van der Waals surface area contributed by atoms with Crippen molar-refractivity contribution in [2.75, 3.05) is 26.2 Å². The minimum absolute atomic E-state index is 0.162. The lowest BCUT2D eigenvalue weighted by atomic mass is 10.0. The number of nitrogens with zero attached hydrogens (tertiary/aromatic N) is 5. The number of aromatic nitrogens is 4. The number of hydrogen-bond acceptors (Lipinski definition) is 5. The van der Waals surface area contributed by atoms with E-state index in [9.17, 15) is 18.0 Å². The molecule has 0 bridgehead atoms. The molecule has 1 N–H and O–H groups in total. The zero-order valence-electron chi connectivity index (χ0n) is 13.1. The number of pyridine rings is 1. The van der Waals surface area contributed by atoms with E-state index < -0.39 is 11.7 Å². The number of hydrogen-bond donors (Lipinski definition) is 1.